The van der Waals surface area contributed by atoms with Crippen LogP contribution >= 0.6 is 12.4 Å². The number of rotatable bonds is 2. The molecule has 1 spiro atoms. The molecule has 0 radical (unpaired) electrons. The number of morpholine rings is 1. The van der Waals surface area contributed by atoms with Crippen LogP contribution < -0.4 is 5.32 Å². The summed E-state index contributed by atoms with van der Waals surface area (Å²) in [5, 5.41) is 3.31. The SMILES string of the molecule is Cl.O=C1COC2(CCNCC2)CN1Cc1ccc(F)cc1. The summed E-state index contributed by atoms with van der Waals surface area (Å²) < 4.78 is 18.7. The van der Waals surface area contributed by atoms with Crippen molar-refractivity contribution in [3.63, 3.8) is 0 Å². The monoisotopic (exact) mass is 314 g/mol. The molecule has 0 saturated carbocycles. The summed E-state index contributed by atoms with van der Waals surface area (Å²) in [6.45, 7) is 3.17. The van der Waals surface area contributed by atoms with Crippen molar-refractivity contribution < 1.29 is 13.9 Å². The van der Waals surface area contributed by atoms with Crippen LogP contribution in [0.15, 0.2) is 24.3 Å². The molecule has 0 atom stereocenters. The maximum Gasteiger partial charge on any atom is 0.248 e. The third kappa shape index (κ3) is 3.73. The number of ether oxygens (including phenoxy) is 1. The van der Waals surface area contributed by atoms with Crippen LogP contribution in [-0.4, -0.2) is 42.6 Å². The Morgan fingerprint density at radius 3 is 2.57 bits per heavy atom. The summed E-state index contributed by atoms with van der Waals surface area (Å²) in [6.07, 6.45) is 1.86. The highest BCUT2D eigenvalue weighted by atomic mass is 35.5. The fourth-order valence-electron chi connectivity index (χ4n) is 2.93. The second kappa shape index (κ2) is 6.73. The fourth-order valence-corrected chi connectivity index (χ4v) is 2.93. The first-order valence-electron chi connectivity index (χ1n) is 7.04. The lowest BCUT2D eigenvalue weighted by atomic mass is 9.90. The van der Waals surface area contributed by atoms with Crippen LogP contribution in [0, 0.1) is 5.82 Å². The molecular weight excluding hydrogens is 295 g/mol. The molecule has 1 aromatic rings. The van der Waals surface area contributed by atoms with E-state index < -0.39 is 0 Å². The Morgan fingerprint density at radius 2 is 1.90 bits per heavy atom. The average Bonchev–Trinajstić information content (AvgIpc) is 2.47. The van der Waals surface area contributed by atoms with Gasteiger partial charge in [-0.3, -0.25) is 4.79 Å². The zero-order valence-electron chi connectivity index (χ0n) is 11.8. The molecule has 2 aliphatic heterocycles. The van der Waals surface area contributed by atoms with E-state index in [1.54, 1.807) is 12.1 Å². The first kappa shape index (κ1) is 16.2. The molecule has 2 aliphatic rings. The lowest BCUT2D eigenvalue weighted by molar-refractivity contribution is -0.168. The van der Waals surface area contributed by atoms with Gasteiger partial charge in [0.05, 0.1) is 12.1 Å². The molecule has 0 unspecified atom stereocenters. The highest BCUT2D eigenvalue weighted by Crippen LogP contribution is 2.28. The van der Waals surface area contributed by atoms with Crippen molar-refractivity contribution >= 4 is 18.3 Å². The number of hydrogen-bond donors (Lipinski definition) is 1. The van der Waals surface area contributed by atoms with Gasteiger partial charge in [0.1, 0.15) is 12.4 Å². The zero-order valence-corrected chi connectivity index (χ0v) is 12.6. The first-order chi connectivity index (χ1) is 9.67. The van der Waals surface area contributed by atoms with Crippen molar-refractivity contribution in [1.29, 1.82) is 0 Å². The van der Waals surface area contributed by atoms with E-state index in [0.29, 0.717) is 13.1 Å². The van der Waals surface area contributed by atoms with Crippen LogP contribution in [0.3, 0.4) is 0 Å². The van der Waals surface area contributed by atoms with E-state index in [9.17, 15) is 9.18 Å². The third-order valence-electron chi connectivity index (χ3n) is 4.14. The van der Waals surface area contributed by atoms with E-state index in [2.05, 4.69) is 5.32 Å². The molecule has 3 rings (SSSR count). The molecule has 21 heavy (non-hydrogen) atoms. The largest absolute Gasteiger partial charge is 0.363 e. The second-order valence-electron chi connectivity index (χ2n) is 5.60. The number of hydrogen-bond acceptors (Lipinski definition) is 3. The molecule has 116 valence electrons. The number of nitrogens with one attached hydrogen (secondary N) is 1. The summed E-state index contributed by atoms with van der Waals surface area (Å²) in [7, 11) is 0. The Bertz CT molecular complexity index is 489. The van der Waals surface area contributed by atoms with Gasteiger partial charge in [-0.15, -0.1) is 12.4 Å². The van der Waals surface area contributed by atoms with Gasteiger partial charge in [0.15, 0.2) is 0 Å². The van der Waals surface area contributed by atoms with Gasteiger partial charge in [0.25, 0.3) is 0 Å². The van der Waals surface area contributed by atoms with Crippen molar-refractivity contribution in [2.75, 3.05) is 26.2 Å². The number of benzene rings is 1. The minimum atomic E-state index is -0.253. The lowest BCUT2D eigenvalue weighted by Gasteiger charge is -2.44. The highest BCUT2D eigenvalue weighted by Gasteiger charge is 2.40. The zero-order chi connectivity index (χ0) is 14.0. The van der Waals surface area contributed by atoms with Gasteiger partial charge in [-0.1, -0.05) is 12.1 Å². The van der Waals surface area contributed by atoms with Crippen molar-refractivity contribution in [3.8, 4) is 0 Å². The molecule has 0 bridgehead atoms. The summed E-state index contributed by atoms with van der Waals surface area (Å²) in [4.78, 5) is 13.8. The molecular formula is C15H20ClFN2O2. The maximum absolute atomic E-state index is 12.9. The Labute approximate surface area is 130 Å². The van der Waals surface area contributed by atoms with Crippen LogP contribution in [0.25, 0.3) is 0 Å². The Balaban J connectivity index is 0.00000161. The van der Waals surface area contributed by atoms with Gasteiger partial charge >= 0.3 is 0 Å². The lowest BCUT2D eigenvalue weighted by Crippen LogP contribution is -2.57. The van der Waals surface area contributed by atoms with E-state index in [-0.39, 0.29) is 36.3 Å². The molecule has 0 aromatic heterocycles. The number of carbonyl (C=O) groups is 1. The summed E-state index contributed by atoms with van der Waals surface area (Å²) in [5.74, 6) is -0.240. The number of piperidine rings is 1. The van der Waals surface area contributed by atoms with E-state index in [0.717, 1.165) is 31.5 Å². The molecule has 2 saturated heterocycles. The van der Waals surface area contributed by atoms with Crippen LogP contribution in [0.4, 0.5) is 4.39 Å². The molecule has 1 aromatic carbocycles. The normalized spacial score (nSPS) is 21.2. The molecule has 1 N–H and O–H groups in total. The van der Waals surface area contributed by atoms with Gasteiger partial charge in [0.2, 0.25) is 5.91 Å². The standard InChI is InChI=1S/C15H19FN2O2.ClH/c16-13-3-1-12(2-4-13)9-18-11-15(20-10-14(18)19)5-7-17-8-6-15;/h1-4,17H,5-11H2;1H. The summed E-state index contributed by atoms with van der Waals surface area (Å²) >= 11 is 0. The molecule has 6 heteroatoms. The van der Waals surface area contributed by atoms with Gasteiger partial charge in [-0.25, -0.2) is 4.39 Å². The number of carbonyl (C=O) groups excluding carboxylic acids is 1. The first-order valence-corrected chi connectivity index (χ1v) is 7.04. The Kier molecular flexibility index (Phi) is 5.19. The quantitative estimate of drug-likeness (QED) is 0.904. The van der Waals surface area contributed by atoms with E-state index in [1.165, 1.54) is 12.1 Å². The predicted octanol–water partition coefficient (Wildman–Crippen LogP) is 1.73. The van der Waals surface area contributed by atoms with Crippen molar-refractivity contribution in [1.82, 2.24) is 10.2 Å². The smallest absolute Gasteiger partial charge is 0.248 e. The van der Waals surface area contributed by atoms with Crippen molar-refractivity contribution in [2.45, 2.75) is 25.0 Å². The van der Waals surface area contributed by atoms with Gasteiger partial charge in [-0.2, -0.15) is 0 Å². The number of amides is 1. The maximum atomic E-state index is 12.9. The topological polar surface area (TPSA) is 41.6 Å². The Morgan fingerprint density at radius 1 is 1.24 bits per heavy atom. The average molecular weight is 315 g/mol. The van der Waals surface area contributed by atoms with Crippen molar-refractivity contribution in [3.05, 3.63) is 35.6 Å². The second-order valence-corrected chi connectivity index (χ2v) is 5.60. The van der Waals surface area contributed by atoms with Gasteiger partial charge < -0.3 is 15.0 Å². The van der Waals surface area contributed by atoms with Crippen molar-refractivity contribution in [2.24, 2.45) is 0 Å². The van der Waals surface area contributed by atoms with Crippen LogP contribution in [0.5, 0.6) is 0 Å². The minimum absolute atomic E-state index is 0. The molecule has 0 aliphatic carbocycles. The third-order valence-corrected chi connectivity index (χ3v) is 4.14. The number of nitrogens with zero attached hydrogens (tertiary/aromatic N) is 1. The minimum Gasteiger partial charge on any atom is -0.363 e. The highest BCUT2D eigenvalue weighted by molar-refractivity contribution is 5.85. The van der Waals surface area contributed by atoms with E-state index in [4.69, 9.17) is 4.74 Å². The molecule has 2 heterocycles. The Hall–Kier alpha value is -1.17. The molecule has 4 nitrogen and oxygen atoms in total. The van der Waals surface area contributed by atoms with Gasteiger partial charge in [-0.05, 0) is 43.6 Å². The van der Waals surface area contributed by atoms with E-state index in [1.807, 2.05) is 4.90 Å². The molecule has 1 amide bonds. The van der Waals surface area contributed by atoms with Crippen LogP contribution in [0.2, 0.25) is 0 Å². The predicted molar refractivity (Wildman–Crippen MR) is 79.9 cm³/mol. The fraction of sp³-hybridized carbons (Fsp3) is 0.533. The van der Waals surface area contributed by atoms with Gasteiger partial charge in [0, 0.05) is 6.54 Å². The number of halogens is 2. The summed E-state index contributed by atoms with van der Waals surface area (Å²) in [6, 6.07) is 6.32. The molecule has 2 fully saturated rings. The van der Waals surface area contributed by atoms with E-state index >= 15 is 0 Å². The van der Waals surface area contributed by atoms with Crippen LogP contribution in [-0.2, 0) is 16.1 Å². The summed E-state index contributed by atoms with van der Waals surface area (Å²) in [5.41, 5.74) is 0.755. The van der Waals surface area contributed by atoms with Crippen LogP contribution in [0.1, 0.15) is 18.4 Å².